The summed E-state index contributed by atoms with van der Waals surface area (Å²) in [6, 6.07) is 5.24. The predicted molar refractivity (Wildman–Crippen MR) is 91.0 cm³/mol. The fraction of sp³-hybridized carbons (Fsp3) is 0.500. The second kappa shape index (κ2) is 8.35. The Balaban J connectivity index is 1.89. The van der Waals surface area contributed by atoms with Crippen LogP contribution in [0.25, 0.3) is 0 Å². The molecule has 0 bridgehead atoms. The summed E-state index contributed by atoms with van der Waals surface area (Å²) in [5, 5.41) is 0.426. The third-order valence-corrected chi connectivity index (χ3v) is 4.37. The van der Waals surface area contributed by atoms with Crippen molar-refractivity contribution in [1.29, 1.82) is 0 Å². The van der Waals surface area contributed by atoms with Gasteiger partial charge in [-0.3, -0.25) is 9.69 Å². The monoisotopic (exact) mass is 321 g/mol. The molecule has 0 N–H and O–H groups in total. The van der Waals surface area contributed by atoms with Gasteiger partial charge in [-0.05, 0) is 56.1 Å². The number of hydrogen-bond acceptors (Lipinski definition) is 3. The Morgan fingerprint density at radius 2 is 2.05 bits per heavy atom. The first-order chi connectivity index (χ1) is 10.6. The van der Waals surface area contributed by atoms with E-state index in [9.17, 15) is 4.79 Å². The summed E-state index contributed by atoms with van der Waals surface area (Å²) in [7, 11) is 0. The highest BCUT2D eigenvalue weighted by Gasteiger charge is 2.14. The second-order valence-corrected chi connectivity index (χ2v) is 6.09. The zero-order chi connectivity index (χ0) is 15.9. The molecular weight excluding hydrogens is 298 g/mol. The highest BCUT2D eigenvalue weighted by atomic mass is 35.5. The molecular formula is C18H24ClNO2. The Morgan fingerprint density at radius 3 is 2.68 bits per heavy atom. The van der Waals surface area contributed by atoms with Crippen LogP contribution < -0.4 is 4.74 Å². The molecule has 1 saturated heterocycles. The smallest absolute Gasteiger partial charge is 0.189 e. The molecule has 0 atom stereocenters. The number of ether oxygens (including phenoxy) is 1. The molecule has 3 nitrogen and oxygen atoms in total. The van der Waals surface area contributed by atoms with Gasteiger partial charge in [-0.15, -0.1) is 0 Å². The maximum absolute atomic E-state index is 12.1. The van der Waals surface area contributed by atoms with Crippen molar-refractivity contribution in [2.45, 2.75) is 32.6 Å². The van der Waals surface area contributed by atoms with Crippen LogP contribution in [0.3, 0.4) is 0 Å². The first kappa shape index (κ1) is 17.0. The molecule has 120 valence electrons. The lowest BCUT2D eigenvalue weighted by Crippen LogP contribution is -2.33. The van der Waals surface area contributed by atoms with Crippen molar-refractivity contribution < 1.29 is 9.53 Å². The van der Waals surface area contributed by atoms with Gasteiger partial charge in [0.2, 0.25) is 0 Å². The van der Waals surface area contributed by atoms with E-state index in [0.29, 0.717) is 34.9 Å². The van der Waals surface area contributed by atoms with E-state index in [1.54, 1.807) is 18.2 Å². The Morgan fingerprint density at radius 1 is 1.32 bits per heavy atom. The summed E-state index contributed by atoms with van der Waals surface area (Å²) < 4.78 is 5.75. The SMILES string of the molecule is C=C(CC)C(=O)c1ccc(OCCN2CCCCC2)cc1Cl. The number of halogens is 1. The number of likely N-dealkylation sites (tertiary alicyclic amines) is 1. The molecule has 2 rings (SSSR count). The molecule has 4 heteroatoms. The van der Waals surface area contributed by atoms with Crippen molar-refractivity contribution in [3.05, 3.63) is 40.9 Å². The summed E-state index contributed by atoms with van der Waals surface area (Å²) in [6.07, 6.45) is 4.53. The van der Waals surface area contributed by atoms with E-state index in [4.69, 9.17) is 16.3 Å². The number of piperidine rings is 1. The molecule has 1 aromatic carbocycles. The topological polar surface area (TPSA) is 29.5 Å². The molecule has 0 unspecified atom stereocenters. The third-order valence-electron chi connectivity index (χ3n) is 4.06. The van der Waals surface area contributed by atoms with Gasteiger partial charge in [-0.25, -0.2) is 0 Å². The number of allylic oxidation sites excluding steroid dienone is 1. The van der Waals surface area contributed by atoms with Gasteiger partial charge in [0.15, 0.2) is 5.78 Å². The maximum Gasteiger partial charge on any atom is 0.189 e. The summed E-state index contributed by atoms with van der Waals surface area (Å²) in [5.74, 6) is 0.619. The molecule has 22 heavy (non-hydrogen) atoms. The average molecular weight is 322 g/mol. The van der Waals surface area contributed by atoms with Crippen molar-refractivity contribution in [2.24, 2.45) is 0 Å². The van der Waals surface area contributed by atoms with Gasteiger partial charge >= 0.3 is 0 Å². The highest BCUT2D eigenvalue weighted by molar-refractivity contribution is 6.35. The molecule has 1 fully saturated rings. The average Bonchev–Trinajstić information content (AvgIpc) is 2.54. The second-order valence-electron chi connectivity index (χ2n) is 5.68. The van der Waals surface area contributed by atoms with Gasteiger partial charge in [0.1, 0.15) is 12.4 Å². The van der Waals surface area contributed by atoms with Crippen molar-refractivity contribution in [3.63, 3.8) is 0 Å². The van der Waals surface area contributed by atoms with E-state index in [-0.39, 0.29) is 5.78 Å². The largest absolute Gasteiger partial charge is 0.492 e. The van der Waals surface area contributed by atoms with Crippen molar-refractivity contribution in [3.8, 4) is 5.75 Å². The van der Waals surface area contributed by atoms with Gasteiger partial charge in [0, 0.05) is 12.1 Å². The zero-order valence-electron chi connectivity index (χ0n) is 13.2. The van der Waals surface area contributed by atoms with E-state index in [2.05, 4.69) is 11.5 Å². The summed E-state index contributed by atoms with van der Waals surface area (Å²) in [5.41, 5.74) is 1.07. The van der Waals surface area contributed by atoms with E-state index in [1.807, 2.05) is 6.92 Å². The van der Waals surface area contributed by atoms with Crippen molar-refractivity contribution >= 4 is 17.4 Å². The Hall–Kier alpha value is -1.32. The Labute approximate surface area is 137 Å². The fourth-order valence-corrected chi connectivity index (χ4v) is 2.85. The number of ketones is 1. The molecule has 1 heterocycles. The van der Waals surface area contributed by atoms with Gasteiger partial charge in [0.05, 0.1) is 5.02 Å². The van der Waals surface area contributed by atoms with Crippen LogP contribution in [0.5, 0.6) is 5.75 Å². The van der Waals surface area contributed by atoms with E-state index in [0.717, 1.165) is 19.6 Å². The lowest BCUT2D eigenvalue weighted by atomic mass is 10.0. The summed E-state index contributed by atoms with van der Waals surface area (Å²) in [4.78, 5) is 14.5. The number of carbonyl (C=O) groups is 1. The Bertz CT molecular complexity index is 536. The molecule has 0 aliphatic carbocycles. The van der Waals surface area contributed by atoms with Crippen LogP contribution in [-0.2, 0) is 0 Å². The molecule has 0 radical (unpaired) electrons. The number of carbonyl (C=O) groups excluding carboxylic acids is 1. The molecule has 0 saturated carbocycles. The number of Topliss-reactive ketones (excluding diaryl/α,β-unsaturated/α-hetero) is 1. The molecule has 1 aromatic rings. The van der Waals surface area contributed by atoms with Gasteiger partial charge in [0.25, 0.3) is 0 Å². The number of nitrogens with zero attached hydrogens (tertiary/aromatic N) is 1. The summed E-state index contributed by atoms with van der Waals surface area (Å²) in [6.45, 7) is 9.58. The lowest BCUT2D eigenvalue weighted by Gasteiger charge is -2.26. The predicted octanol–water partition coefficient (Wildman–Crippen LogP) is 4.35. The lowest BCUT2D eigenvalue weighted by molar-refractivity contribution is 0.103. The molecule has 1 aliphatic heterocycles. The molecule has 0 spiro atoms. The van der Waals surface area contributed by atoms with Crippen molar-refractivity contribution in [1.82, 2.24) is 4.90 Å². The van der Waals surface area contributed by atoms with Crippen LogP contribution in [-0.4, -0.2) is 36.9 Å². The standard InChI is InChI=1S/C18H24ClNO2/c1-3-14(2)18(21)16-8-7-15(13-17(16)19)22-12-11-20-9-5-4-6-10-20/h7-8,13H,2-6,9-12H2,1H3. The minimum absolute atomic E-state index is 0.0904. The quantitative estimate of drug-likeness (QED) is 0.552. The van der Waals surface area contributed by atoms with E-state index in [1.165, 1.54) is 19.3 Å². The Kier molecular flexibility index (Phi) is 6.47. The minimum atomic E-state index is -0.0904. The number of hydrogen-bond donors (Lipinski definition) is 0. The minimum Gasteiger partial charge on any atom is -0.492 e. The molecule has 0 aromatic heterocycles. The maximum atomic E-state index is 12.1. The van der Waals surface area contributed by atoms with Gasteiger partial charge in [-0.2, -0.15) is 0 Å². The fourth-order valence-electron chi connectivity index (χ4n) is 2.60. The zero-order valence-corrected chi connectivity index (χ0v) is 14.0. The van der Waals surface area contributed by atoms with Gasteiger partial charge in [-0.1, -0.05) is 31.5 Å². The highest BCUT2D eigenvalue weighted by Crippen LogP contribution is 2.25. The van der Waals surface area contributed by atoms with E-state index >= 15 is 0 Å². The van der Waals surface area contributed by atoms with Crippen LogP contribution in [0.4, 0.5) is 0 Å². The van der Waals surface area contributed by atoms with Crippen LogP contribution in [0.15, 0.2) is 30.4 Å². The van der Waals surface area contributed by atoms with Crippen LogP contribution in [0, 0.1) is 0 Å². The molecule has 1 aliphatic rings. The van der Waals surface area contributed by atoms with Crippen LogP contribution >= 0.6 is 11.6 Å². The van der Waals surface area contributed by atoms with Crippen LogP contribution in [0.1, 0.15) is 43.0 Å². The molecule has 0 amide bonds. The summed E-state index contributed by atoms with van der Waals surface area (Å²) >= 11 is 6.20. The first-order valence-corrected chi connectivity index (χ1v) is 8.36. The van der Waals surface area contributed by atoms with Gasteiger partial charge < -0.3 is 4.74 Å². The number of rotatable bonds is 7. The van der Waals surface area contributed by atoms with Crippen LogP contribution in [0.2, 0.25) is 5.02 Å². The normalized spacial score (nSPS) is 15.5. The third kappa shape index (κ3) is 4.59. The van der Waals surface area contributed by atoms with E-state index < -0.39 is 0 Å². The first-order valence-electron chi connectivity index (χ1n) is 7.99. The number of benzene rings is 1. The van der Waals surface area contributed by atoms with Crippen molar-refractivity contribution in [2.75, 3.05) is 26.2 Å².